The number of hydrogen-bond donors (Lipinski definition) is 1. The maximum absolute atomic E-state index is 11.6. The van der Waals surface area contributed by atoms with Crippen LogP contribution >= 0.6 is 11.8 Å². The minimum absolute atomic E-state index is 0.161. The number of nitrogens with zero attached hydrogens (tertiary/aromatic N) is 5. The highest BCUT2D eigenvalue weighted by atomic mass is 32.2. The van der Waals surface area contributed by atoms with E-state index in [-0.39, 0.29) is 31.0 Å². The molecule has 0 radical (unpaired) electrons. The number of hydrogen-bond acceptors (Lipinski definition) is 11. The lowest BCUT2D eigenvalue weighted by Gasteiger charge is -2.23. The predicted molar refractivity (Wildman–Crippen MR) is 108 cm³/mol. The highest BCUT2D eigenvalue weighted by Gasteiger charge is 2.56. The van der Waals surface area contributed by atoms with Gasteiger partial charge in [-0.3, -0.25) is 0 Å². The van der Waals surface area contributed by atoms with Crippen molar-refractivity contribution in [2.75, 3.05) is 25.2 Å². The Labute approximate surface area is 178 Å². The van der Waals surface area contributed by atoms with E-state index in [0.717, 1.165) is 12.2 Å². The van der Waals surface area contributed by atoms with Crippen molar-refractivity contribution in [2.24, 2.45) is 0 Å². The van der Waals surface area contributed by atoms with Crippen molar-refractivity contribution >= 4 is 34.7 Å². The molecule has 11 nitrogen and oxygen atoms in total. The average Bonchev–Trinajstić information content (AvgIpc) is 3.35. The number of carbonyl (C=O) groups excluding carboxylic acids is 1. The van der Waals surface area contributed by atoms with Crippen molar-refractivity contribution in [3.63, 3.8) is 0 Å². The highest BCUT2D eigenvalue weighted by molar-refractivity contribution is 7.99. The number of rotatable bonds is 7. The molecule has 2 aliphatic rings. The zero-order valence-corrected chi connectivity index (χ0v) is 18.2. The van der Waals surface area contributed by atoms with Gasteiger partial charge in [0.25, 0.3) is 0 Å². The molecule has 4 rings (SSSR count). The SMILES string of the molecule is CCCSc1nc(N)c2nnn([C@@H]3C[C@H](OCC(=O)OC)[C@H]4OC(C)(C)OC34)c2n1. The van der Waals surface area contributed by atoms with Crippen LogP contribution in [0.2, 0.25) is 0 Å². The second-order valence-corrected chi connectivity index (χ2v) is 8.80. The van der Waals surface area contributed by atoms with E-state index in [4.69, 9.17) is 19.9 Å². The monoisotopic (exact) mass is 438 g/mol. The van der Waals surface area contributed by atoms with E-state index in [2.05, 4.69) is 31.9 Å². The van der Waals surface area contributed by atoms with Crippen molar-refractivity contribution in [2.45, 2.75) is 68.9 Å². The van der Waals surface area contributed by atoms with Crippen LogP contribution in [0.15, 0.2) is 5.16 Å². The number of aromatic nitrogens is 5. The van der Waals surface area contributed by atoms with E-state index >= 15 is 0 Å². The molecule has 2 aromatic rings. The molecule has 1 saturated heterocycles. The fourth-order valence-corrected chi connectivity index (χ4v) is 4.56. The van der Waals surface area contributed by atoms with Gasteiger partial charge in [0.15, 0.2) is 27.9 Å². The first kappa shape index (κ1) is 21.2. The number of esters is 1. The van der Waals surface area contributed by atoms with Crippen molar-refractivity contribution in [3.8, 4) is 0 Å². The maximum atomic E-state index is 11.6. The topological polar surface area (TPSA) is 137 Å². The van der Waals surface area contributed by atoms with Gasteiger partial charge in [-0.2, -0.15) is 0 Å². The Balaban J connectivity index is 1.66. The number of ether oxygens (including phenoxy) is 4. The third-order valence-corrected chi connectivity index (χ3v) is 6.16. The Morgan fingerprint density at radius 1 is 1.33 bits per heavy atom. The third-order valence-electron chi connectivity index (χ3n) is 5.11. The van der Waals surface area contributed by atoms with Gasteiger partial charge in [-0.05, 0) is 20.3 Å². The van der Waals surface area contributed by atoms with Crippen molar-refractivity contribution in [1.29, 1.82) is 0 Å². The smallest absolute Gasteiger partial charge is 0.331 e. The van der Waals surface area contributed by atoms with Gasteiger partial charge in [0.05, 0.1) is 19.3 Å². The number of nitrogens with two attached hydrogens (primary N) is 1. The quantitative estimate of drug-likeness (QED) is 0.381. The molecule has 0 spiro atoms. The van der Waals surface area contributed by atoms with Crippen molar-refractivity contribution in [3.05, 3.63) is 0 Å². The molecule has 1 saturated carbocycles. The van der Waals surface area contributed by atoms with Crippen LogP contribution in [0.3, 0.4) is 0 Å². The molecule has 4 atom stereocenters. The second kappa shape index (κ2) is 8.25. The van der Waals surface area contributed by atoms with E-state index < -0.39 is 11.8 Å². The van der Waals surface area contributed by atoms with Crippen molar-refractivity contribution in [1.82, 2.24) is 25.0 Å². The molecular weight excluding hydrogens is 412 g/mol. The first-order chi connectivity index (χ1) is 14.3. The van der Waals surface area contributed by atoms with E-state index in [9.17, 15) is 4.79 Å². The summed E-state index contributed by atoms with van der Waals surface area (Å²) in [5.74, 6) is -0.0536. The minimum Gasteiger partial charge on any atom is -0.467 e. The number of carbonyl (C=O) groups is 1. The highest BCUT2D eigenvalue weighted by Crippen LogP contribution is 2.45. The van der Waals surface area contributed by atoms with Gasteiger partial charge >= 0.3 is 5.97 Å². The normalized spacial score (nSPS) is 27.5. The first-order valence-electron chi connectivity index (χ1n) is 9.88. The van der Waals surface area contributed by atoms with Crippen LogP contribution in [0, 0.1) is 0 Å². The lowest BCUT2D eigenvalue weighted by atomic mass is 10.2. The fourth-order valence-electron chi connectivity index (χ4n) is 3.86. The van der Waals surface area contributed by atoms with E-state index in [1.807, 2.05) is 13.8 Å². The Bertz CT molecular complexity index is 937. The Morgan fingerprint density at radius 3 is 2.83 bits per heavy atom. The largest absolute Gasteiger partial charge is 0.467 e. The summed E-state index contributed by atoms with van der Waals surface area (Å²) in [4.78, 5) is 20.5. The summed E-state index contributed by atoms with van der Waals surface area (Å²) in [7, 11) is 1.32. The molecule has 1 unspecified atom stereocenters. The minimum atomic E-state index is -0.784. The van der Waals surface area contributed by atoms with Gasteiger partial charge in [0.1, 0.15) is 18.8 Å². The molecule has 2 aromatic heterocycles. The standard InChI is InChI=1S/C18H26N6O5S/c1-5-6-30-17-20-15(19)12-16(21-17)24(23-22-12)9-7-10(27-8-11(25)26-4)14-13(9)28-18(2,3)29-14/h9-10,13-14H,5-8H2,1-4H3,(H2,19,20,21)/t9-,10+,13?,14-/m1/s1. The van der Waals surface area contributed by atoms with Crippen molar-refractivity contribution < 1.29 is 23.7 Å². The molecule has 30 heavy (non-hydrogen) atoms. The van der Waals surface area contributed by atoms with E-state index in [0.29, 0.717) is 28.6 Å². The Hall–Kier alpha value is -2.02. The summed E-state index contributed by atoms with van der Waals surface area (Å²) in [5, 5.41) is 9.08. The molecule has 164 valence electrons. The molecule has 0 aromatic carbocycles. The number of fused-ring (bicyclic) bond motifs is 2. The van der Waals surface area contributed by atoms with Gasteiger partial charge in [-0.25, -0.2) is 19.4 Å². The first-order valence-corrected chi connectivity index (χ1v) is 10.9. The summed E-state index contributed by atoms with van der Waals surface area (Å²) in [6, 6.07) is -0.247. The zero-order valence-electron chi connectivity index (χ0n) is 17.4. The molecule has 3 heterocycles. The number of anilines is 1. The van der Waals surface area contributed by atoms with Gasteiger partial charge in [0, 0.05) is 12.2 Å². The number of thioether (sulfide) groups is 1. The predicted octanol–water partition coefficient (Wildman–Crippen LogP) is 1.33. The summed E-state index contributed by atoms with van der Waals surface area (Å²) < 4.78 is 24.4. The lowest BCUT2D eigenvalue weighted by molar-refractivity contribution is -0.173. The van der Waals surface area contributed by atoms with Crippen LogP contribution in [0.1, 0.15) is 39.7 Å². The van der Waals surface area contributed by atoms with Crippen LogP contribution in [0.4, 0.5) is 5.82 Å². The molecule has 2 N–H and O–H groups in total. The summed E-state index contributed by atoms with van der Waals surface area (Å²) >= 11 is 1.53. The zero-order chi connectivity index (χ0) is 21.5. The molecule has 1 aliphatic carbocycles. The van der Waals surface area contributed by atoms with E-state index in [1.54, 1.807) is 4.68 Å². The maximum Gasteiger partial charge on any atom is 0.331 e. The Kier molecular flexibility index (Phi) is 5.84. The fraction of sp³-hybridized carbons (Fsp3) is 0.722. The molecule has 2 fully saturated rings. The molecule has 1 aliphatic heterocycles. The summed E-state index contributed by atoms with van der Waals surface area (Å²) in [6.07, 6.45) is 0.447. The molecule has 0 amide bonds. The lowest BCUT2D eigenvalue weighted by Crippen LogP contribution is -2.32. The van der Waals surface area contributed by atoms with Gasteiger partial charge in [-0.1, -0.05) is 23.9 Å². The second-order valence-electron chi connectivity index (χ2n) is 7.74. The number of methoxy groups -OCH3 is 1. The van der Waals surface area contributed by atoms with E-state index in [1.165, 1.54) is 18.9 Å². The van der Waals surface area contributed by atoms with Gasteiger partial charge in [-0.15, -0.1) is 5.10 Å². The van der Waals surface area contributed by atoms with Crippen LogP contribution in [0.5, 0.6) is 0 Å². The molecule has 0 bridgehead atoms. The average molecular weight is 439 g/mol. The van der Waals surface area contributed by atoms with Gasteiger partial charge in [0.2, 0.25) is 0 Å². The Morgan fingerprint density at radius 2 is 2.10 bits per heavy atom. The van der Waals surface area contributed by atoms with Gasteiger partial charge < -0.3 is 24.7 Å². The number of nitrogen functional groups attached to an aromatic ring is 1. The molecular formula is C18H26N6O5S. The van der Waals surface area contributed by atoms with Crippen LogP contribution in [0.25, 0.3) is 11.2 Å². The summed E-state index contributed by atoms with van der Waals surface area (Å²) in [5.41, 5.74) is 7.10. The molecule has 12 heteroatoms. The van der Waals surface area contributed by atoms with Crippen LogP contribution < -0.4 is 5.73 Å². The third kappa shape index (κ3) is 3.96. The van der Waals surface area contributed by atoms with Crippen LogP contribution in [-0.2, 0) is 23.7 Å². The van der Waals surface area contributed by atoms with Crippen LogP contribution in [-0.4, -0.2) is 74.5 Å². The summed E-state index contributed by atoms with van der Waals surface area (Å²) in [6.45, 7) is 5.62.